The van der Waals surface area contributed by atoms with E-state index in [1.54, 1.807) is 0 Å². The van der Waals surface area contributed by atoms with E-state index in [0.29, 0.717) is 22.9 Å². The van der Waals surface area contributed by atoms with Crippen molar-refractivity contribution in [2.24, 2.45) is 0 Å². The first-order valence-corrected chi connectivity index (χ1v) is 10.1. The molecule has 0 saturated heterocycles. The molecule has 0 aliphatic carbocycles. The standard InChI is InChI=1S/C23H25ClN4/c1-15(2)21-13-22(27-23(26-21)25-20-10-6-9-19(24)12-20)28-14-18-8-5-4-7-17(18)11-16(28)3/h4-10,12-13,15-16H,11,14H2,1-3H3,(H,25,26,27)/t16-/m1/s1. The van der Waals surface area contributed by atoms with Gasteiger partial charge in [-0.2, -0.15) is 4.98 Å². The molecule has 1 atom stereocenters. The molecule has 1 aliphatic heterocycles. The topological polar surface area (TPSA) is 41.1 Å². The first-order chi connectivity index (χ1) is 13.5. The summed E-state index contributed by atoms with van der Waals surface area (Å²) < 4.78 is 0. The Hall–Kier alpha value is -2.59. The van der Waals surface area contributed by atoms with E-state index in [1.165, 1.54) is 11.1 Å². The monoisotopic (exact) mass is 392 g/mol. The fraction of sp³-hybridized carbons (Fsp3) is 0.304. The van der Waals surface area contributed by atoms with Crippen molar-refractivity contribution in [3.8, 4) is 0 Å². The number of anilines is 3. The van der Waals surface area contributed by atoms with Crippen LogP contribution in [0, 0.1) is 0 Å². The molecule has 4 rings (SSSR count). The number of benzene rings is 2. The number of fused-ring (bicyclic) bond motifs is 1. The Morgan fingerprint density at radius 1 is 1.04 bits per heavy atom. The number of nitrogens with zero attached hydrogens (tertiary/aromatic N) is 3. The van der Waals surface area contributed by atoms with Gasteiger partial charge in [-0.1, -0.05) is 55.8 Å². The van der Waals surface area contributed by atoms with Crippen molar-refractivity contribution in [2.45, 2.75) is 45.7 Å². The molecular formula is C23H25ClN4. The molecule has 0 unspecified atom stereocenters. The van der Waals surface area contributed by atoms with Crippen LogP contribution in [0.4, 0.5) is 17.5 Å². The minimum Gasteiger partial charge on any atom is -0.349 e. The second-order valence-electron chi connectivity index (χ2n) is 7.71. The van der Waals surface area contributed by atoms with Crippen molar-refractivity contribution >= 4 is 29.1 Å². The van der Waals surface area contributed by atoms with Gasteiger partial charge in [0.05, 0.1) is 5.69 Å². The van der Waals surface area contributed by atoms with Gasteiger partial charge in [0.2, 0.25) is 5.95 Å². The van der Waals surface area contributed by atoms with Crippen molar-refractivity contribution in [3.63, 3.8) is 0 Å². The van der Waals surface area contributed by atoms with Crippen LogP contribution >= 0.6 is 11.6 Å². The van der Waals surface area contributed by atoms with E-state index in [1.807, 2.05) is 24.3 Å². The highest BCUT2D eigenvalue weighted by molar-refractivity contribution is 6.30. The summed E-state index contributed by atoms with van der Waals surface area (Å²) in [7, 11) is 0. The zero-order valence-corrected chi connectivity index (χ0v) is 17.2. The van der Waals surface area contributed by atoms with Crippen LogP contribution in [0.1, 0.15) is 43.5 Å². The second-order valence-corrected chi connectivity index (χ2v) is 8.15. The molecule has 3 aromatic rings. The molecule has 0 radical (unpaired) electrons. The Bertz CT molecular complexity index is 986. The third-order valence-corrected chi connectivity index (χ3v) is 5.44. The van der Waals surface area contributed by atoms with E-state index in [2.05, 4.69) is 61.3 Å². The Balaban J connectivity index is 1.69. The summed E-state index contributed by atoms with van der Waals surface area (Å²) in [6.45, 7) is 7.44. The fourth-order valence-electron chi connectivity index (χ4n) is 3.63. The molecule has 1 aliphatic rings. The van der Waals surface area contributed by atoms with E-state index in [0.717, 1.165) is 30.2 Å². The first kappa shape index (κ1) is 18.8. The van der Waals surface area contributed by atoms with Gasteiger partial charge in [-0.25, -0.2) is 4.98 Å². The average molecular weight is 393 g/mol. The summed E-state index contributed by atoms with van der Waals surface area (Å²) >= 11 is 6.12. The van der Waals surface area contributed by atoms with Crippen molar-refractivity contribution in [2.75, 3.05) is 10.2 Å². The van der Waals surface area contributed by atoms with E-state index >= 15 is 0 Å². The van der Waals surface area contributed by atoms with Crippen molar-refractivity contribution in [1.29, 1.82) is 0 Å². The van der Waals surface area contributed by atoms with Crippen LogP contribution in [0.5, 0.6) is 0 Å². The predicted octanol–water partition coefficient (Wildman–Crippen LogP) is 5.95. The summed E-state index contributed by atoms with van der Waals surface area (Å²) in [5.74, 6) is 1.88. The van der Waals surface area contributed by atoms with Gasteiger partial charge in [0.15, 0.2) is 0 Å². The number of nitrogens with one attached hydrogen (secondary N) is 1. The zero-order chi connectivity index (χ0) is 19.7. The van der Waals surface area contributed by atoms with E-state index < -0.39 is 0 Å². The highest BCUT2D eigenvalue weighted by Gasteiger charge is 2.25. The number of hydrogen-bond acceptors (Lipinski definition) is 4. The van der Waals surface area contributed by atoms with Crippen molar-refractivity contribution in [1.82, 2.24) is 9.97 Å². The highest BCUT2D eigenvalue weighted by Crippen LogP contribution is 2.30. The van der Waals surface area contributed by atoms with Gasteiger partial charge in [0, 0.05) is 29.4 Å². The molecule has 0 amide bonds. The van der Waals surface area contributed by atoms with Crippen molar-refractivity contribution in [3.05, 3.63) is 76.4 Å². The van der Waals surface area contributed by atoms with Crippen LogP contribution in [-0.2, 0) is 13.0 Å². The zero-order valence-electron chi connectivity index (χ0n) is 16.5. The third-order valence-electron chi connectivity index (χ3n) is 5.21. The quantitative estimate of drug-likeness (QED) is 0.595. The first-order valence-electron chi connectivity index (χ1n) is 9.74. The van der Waals surface area contributed by atoms with E-state index in [9.17, 15) is 0 Å². The molecular weight excluding hydrogens is 368 g/mol. The van der Waals surface area contributed by atoms with Gasteiger partial charge in [-0.15, -0.1) is 0 Å². The number of aromatic nitrogens is 2. The van der Waals surface area contributed by atoms with Crippen LogP contribution in [0.2, 0.25) is 5.02 Å². The van der Waals surface area contributed by atoms with Crippen LogP contribution in [0.15, 0.2) is 54.6 Å². The molecule has 144 valence electrons. The molecule has 0 saturated carbocycles. The normalized spacial score (nSPS) is 16.2. The van der Waals surface area contributed by atoms with Crippen LogP contribution in [-0.4, -0.2) is 16.0 Å². The Morgan fingerprint density at radius 3 is 2.57 bits per heavy atom. The summed E-state index contributed by atoms with van der Waals surface area (Å²) in [5, 5.41) is 4.01. The lowest BCUT2D eigenvalue weighted by Crippen LogP contribution is -2.39. The molecule has 2 heterocycles. The van der Waals surface area contributed by atoms with E-state index in [-0.39, 0.29) is 0 Å². The van der Waals surface area contributed by atoms with Crippen molar-refractivity contribution < 1.29 is 0 Å². The molecule has 0 fully saturated rings. The lowest BCUT2D eigenvalue weighted by molar-refractivity contribution is 0.585. The largest absolute Gasteiger partial charge is 0.349 e. The van der Waals surface area contributed by atoms with Gasteiger partial charge in [-0.3, -0.25) is 0 Å². The number of rotatable bonds is 4. The molecule has 28 heavy (non-hydrogen) atoms. The van der Waals surface area contributed by atoms with Gasteiger partial charge in [0.1, 0.15) is 5.82 Å². The molecule has 0 bridgehead atoms. The molecule has 0 spiro atoms. The summed E-state index contributed by atoms with van der Waals surface area (Å²) in [6.07, 6.45) is 1.02. The lowest BCUT2D eigenvalue weighted by atomic mass is 9.95. The Labute approximate surface area is 171 Å². The predicted molar refractivity (Wildman–Crippen MR) is 117 cm³/mol. The smallest absolute Gasteiger partial charge is 0.229 e. The summed E-state index contributed by atoms with van der Waals surface area (Å²) in [5.41, 5.74) is 4.72. The molecule has 5 heteroatoms. The maximum Gasteiger partial charge on any atom is 0.229 e. The maximum absolute atomic E-state index is 6.12. The van der Waals surface area contributed by atoms with Gasteiger partial charge >= 0.3 is 0 Å². The van der Waals surface area contributed by atoms with Gasteiger partial charge < -0.3 is 10.2 Å². The Morgan fingerprint density at radius 2 is 1.82 bits per heavy atom. The second kappa shape index (κ2) is 7.80. The van der Waals surface area contributed by atoms with Crippen LogP contribution in [0.25, 0.3) is 0 Å². The fourth-order valence-corrected chi connectivity index (χ4v) is 3.82. The summed E-state index contributed by atoms with van der Waals surface area (Å²) in [4.78, 5) is 12.0. The van der Waals surface area contributed by atoms with E-state index in [4.69, 9.17) is 21.6 Å². The lowest BCUT2D eigenvalue weighted by Gasteiger charge is -2.36. The number of halogens is 1. The average Bonchev–Trinajstić information content (AvgIpc) is 2.67. The molecule has 1 aromatic heterocycles. The van der Waals surface area contributed by atoms with Gasteiger partial charge in [0.25, 0.3) is 0 Å². The molecule has 1 N–H and O–H groups in total. The minimum absolute atomic E-state index is 0.314. The maximum atomic E-state index is 6.12. The Kier molecular flexibility index (Phi) is 5.23. The third kappa shape index (κ3) is 3.97. The highest BCUT2D eigenvalue weighted by atomic mass is 35.5. The van der Waals surface area contributed by atoms with Gasteiger partial charge in [-0.05, 0) is 48.6 Å². The number of hydrogen-bond donors (Lipinski definition) is 1. The SMILES string of the molecule is CC(C)c1cc(N2Cc3ccccc3C[C@H]2C)nc(Nc2cccc(Cl)c2)n1. The molecule has 2 aromatic carbocycles. The summed E-state index contributed by atoms with van der Waals surface area (Å²) in [6, 6.07) is 18.8. The minimum atomic E-state index is 0.314. The van der Waals surface area contributed by atoms with Crippen LogP contribution < -0.4 is 10.2 Å². The molecule has 4 nitrogen and oxygen atoms in total. The van der Waals surface area contributed by atoms with Crippen LogP contribution in [0.3, 0.4) is 0 Å².